The van der Waals surface area contributed by atoms with Gasteiger partial charge in [-0.05, 0) is 77.2 Å². The van der Waals surface area contributed by atoms with Gasteiger partial charge in [0.1, 0.15) is 11.4 Å². The summed E-state index contributed by atoms with van der Waals surface area (Å²) in [6, 6.07) is 24.2. The summed E-state index contributed by atoms with van der Waals surface area (Å²) in [7, 11) is 1.39. The van der Waals surface area contributed by atoms with Crippen LogP contribution in [-0.4, -0.2) is 36.2 Å². The Hall–Kier alpha value is -4.68. The lowest BCUT2D eigenvalue weighted by atomic mass is 10.0. The molecule has 4 aromatic carbocycles. The Morgan fingerprint density at radius 2 is 1.67 bits per heavy atom. The molecule has 5 aromatic rings. The lowest BCUT2D eigenvalue weighted by Gasteiger charge is -2.11. The Morgan fingerprint density at radius 1 is 0.907 bits per heavy atom. The van der Waals surface area contributed by atoms with Gasteiger partial charge >= 0.3 is 11.9 Å². The summed E-state index contributed by atoms with van der Waals surface area (Å²) in [5.74, 6) is -1.08. The smallest absolute Gasteiger partial charge is 0.343 e. The van der Waals surface area contributed by atoms with Gasteiger partial charge in [-0.25, -0.2) is 10.2 Å². The predicted octanol–water partition coefficient (Wildman–Crippen LogP) is 7.01. The number of ether oxygens (including phenoxy) is 3. The van der Waals surface area contributed by atoms with Crippen molar-refractivity contribution in [3.8, 4) is 28.4 Å². The summed E-state index contributed by atoms with van der Waals surface area (Å²) in [6.45, 7) is 1.26. The third kappa shape index (κ3) is 6.71. The minimum atomic E-state index is -0.672. The highest BCUT2D eigenvalue weighted by Crippen LogP contribution is 2.37. The number of benzene rings is 4. The second-order valence-corrected chi connectivity index (χ2v) is 10.8. The summed E-state index contributed by atoms with van der Waals surface area (Å²) in [4.78, 5) is 40.8. The SMILES string of the molecule is COc1cc(C(=O)Oc2ccccc2C=NNC(=O)c2[nH]c3ccc(I)cc3c2-c2ccccc2Cl)ccc1OC(C)=O. The van der Waals surface area contributed by atoms with E-state index in [0.717, 1.165) is 14.5 Å². The number of methoxy groups -OCH3 is 1. The highest BCUT2D eigenvalue weighted by molar-refractivity contribution is 14.1. The number of H-pyrrole nitrogens is 1. The molecule has 43 heavy (non-hydrogen) atoms. The number of amides is 1. The van der Waals surface area contributed by atoms with E-state index < -0.39 is 17.8 Å². The van der Waals surface area contributed by atoms with Gasteiger partial charge in [0.2, 0.25) is 0 Å². The topological polar surface area (TPSA) is 119 Å². The number of halogens is 2. The number of aromatic nitrogens is 1. The molecule has 0 aliphatic heterocycles. The van der Waals surface area contributed by atoms with Crippen LogP contribution in [0.3, 0.4) is 0 Å². The van der Waals surface area contributed by atoms with Crippen molar-refractivity contribution in [2.75, 3.05) is 7.11 Å². The van der Waals surface area contributed by atoms with Crippen LogP contribution in [0.2, 0.25) is 5.02 Å². The number of nitrogens with one attached hydrogen (secondary N) is 2. The number of hydrazone groups is 1. The normalized spacial score (nSPS) is 11.0. The molecule has 216 valence electrons. The third-order valence-electron chi connectivity index (χ3n) is 6.28. The number of hydrogen-bond donors (Lipinski definition) is 2. The van der Waals surface area contributed by atoms with Gasteiger partial charge in [0.05, 0.1) is 18.9 Å². The third-order valence-corrected chi connectivity index (χ3v) is 7.28. The first-order valence-corrected chi connectivity index (χ1v) is 14.3. The average Bonchev–Trinajstić information content (AvgIpc) is 3.36. The molecule has 0 spiro atoms. The van der Waals surface area contributed by atoms with Gasteiger partial charge in [-0.2, -0.15) is 5.10 Å². The number of para-hydroxylation sites is 1. The molecule has 1 amide bonds. The van der Waals surface area contributed by atoms with Gasteiger partial charge in [-0.15, -0.1) is 0 Å². The van der Waals surface area contributed by atoms with Crippen molar-refractivity contribution in [1.29, 1.82) is 0 Å². The molecule has 11 heteroatoms. The molecule has 9 nitrogen and oxygen atoms in total. The van der Waals surface area contributed by atoms with Crippen molar-refractivity contribution in [2.45, 2.75) is 6.92 Å². The molecule has 0 fully saturated rings. The Balaban J connectivity index is 1.37. The first kappa shape index (κ1) is 29.8. The van der Waals surface area contributed by atoms with Crippen LogP contribution in [0.1, 0.15) is 33.3 Å². The minimum absolute atomic E-state index is 0.174. The maximum absolute atomic E-state index is 13.4. The number of rotatable bonds is 8. The zero-order valence-corrected chi connectivity index (χ0v) is 25.7. The van der Waals surface area contributed by atoms with E-state index in [0.29, 0.717) is 27.4 Å². The van der Waals surface area contributed by atoms with Crippen molar-refractivity contribution in [3.05, 3.63) is 110 Å². The Kier molecular flexibility index (Phi) is 9.07. The molecule has 0 unspecified atom stereocenters. The molecule has 1 heterocycles. The van der Waals surface area contributed by atoms with Crippen LogP contribution in [-0.2, 0) is 4.79 Å². The van der Waals surface area contributed by atoms with Gasteiger partial charge in [0, 0.05) is 43.1 Å². The van der Waals surface area contributed by atoms with E-state index in [4.69, 9.17) is 25.8 Å². The molecule has 0 saturated heterocycles. The second-order valence-electron chi connectivity index (χ2n) is 9.13. The highest BCUT2D eigenvalue weighted by atomic mass is 127. The number of hydrogen-bond acceptors (Lipinski definition) is 7. The number of carbonyl (C=O) groups excluding carboxylic acids is 3. The molecular formula is C32H23ClIN3O6. The van der Waals surface area contributed by atoms with E-state index >= 15 is 0 Å². The molecule has 5 rings (SSSR count). The van der Waals surface area contributed by atoms with Crippen LogP contribution in [0.15, 0.2) is 90.0 Å². The van der Waals surface area contributed by atoms with E-state index in [1.807, 2.05) is 36.4 Å². The quantitative estimate of drug-likeness (QED) is 0.0589. The predicted molar refractivity (Wildman–Crippen MR) is 172 cm³/mol. The lowest BCUT2D eigenvalue weighted by molar-refractivity contribution is -0.132. The standard InChI is InChI=1S/C32H23ClIN3O6/c1-18(38)42-27-14-11-19(15-28(27)41-2)32(40)43-26-10-6-3-7-20(26)17-35-37-31(39)30-29(22-8-4-5-9-24(22)33)23-16-21(34)12-13-25(23)36-30/h3-17,36H,1-2H3,(H,37,39). The van der Waals surface area contributed by atoms with Gasteiger partial charge < -0.3 is 19.2 Å². The lowest BCUT2D eigenvalue weighted by Crippen LogP contribution is -2.19. The number of esters is 2. The number of fused-ring (bicyclic) bond motifs is 1. The van der Waals surface area contributed by atoms with Crippen molar-refractivity contribution in [3.63, 3.8) is 0 Å². The van der Waals surface area contributed by atoms with Crippen LogP contribution in [0.5, 0.6) is 17.2 Å². The fourth-order valence-corrected chi connectivity index (χ4v) is 5.09. The number of carbonyl (C=O) groups is 3. The largest absolute Gasteiger partial charge is 0.493 e. The molecule has 0 aliphatic carbocycles. The molecule has 0 bridgehead atoms. The van der Waals surface area contributed by atoms with Gasteiger partial charge in [-0.3, -0.25) is 9.59 Å². The van der Waals surface area contributed by atoms with E-state index in [1.54, 1.807) is 30.3 Å². The first-order chi connectivity index (χ1) is 20.7. The zero-order chi connectivity index (χ0) is 30.5. The fraction of sp³-hybridized carbons (Fsp3) is 0.0625. The Morgan fingerprint density at radius 3 is 2.44 bits per heavy atom. The molecule has 0 saturated carbocycles. The average molecular weight is 708 g/mol. The van der Waals surface area contributed by atoms with Crippen LogP contribution in [0.4, 0.5) is 0 Å². The van der Waals surface area contributed by atoms with E-state index in [2.05, 4.69) is 38.1 Å². The summed E-state index contributed by atoms with van der Waals surface area (Å²) in [5.41, 5.74) is 5.62. The molecule has 0 radical (unpaired) electrons. The maximum atomic E-state index is 13.4. The zero-order valence-electron chi connectivity index (χ0n) is 22.8. The molecule has 1 aromatic heterocycles. The highest BCUT2D eigenvalue weighted by Gasteiger charge is 2.21. The molecule has 0 aliphatic rings. The molecular weight excluding hydrogens is 685 g/mol. The first-order valence-electron chi connectivity index (χ1n) is 12.8. The van der Waals surface area contributed by atoms with Crippen molar-refractivity contribution >= 4 is 69.2 Å². The molecule has 0 atom stereocenters. The van der Waals surface area contributed by atoms with Crippen LogP contribution >= 0.6 is 34.2 Å². The van der Waals surface area contributed by atoms with Gasteiger partial charge in [-0.1, -0.05) is 41.9 Å². The monoisotopic (exact) mass is 707 g/mol. The number of aromatic amines is 1. The van der Waals surface area contributed by atoms with Crippen LogP contribution in [0, 0.1) is 3.57 Å². The molecule has 2 N–H and O–H groups in total. The Labute approximate surface area is 264 Å². The van der Waals surface area contributed by atoms with Crippen LogP contribution in [0.25, 0.3) is 22.0 Å². The van der Waals surface area contributed by atoms with E-state index in [1.165, 1.54) is 38.4 Å². The number of nitrogens with zero attached hydrogens (tertiary/aromatic N) is 1. The van der Waals surface area contributed by atoms with Gasteiger partial charge in [0.15, 0.2) is 11.5 Å². The summed E-state index contributed by atoms with van der Waals surface area (Å²) in [6.07, 6.45) is 1.38. The van der Waals surface area contributed by atoms with Crippen molar-refractivity contribution in [1.82, 2.24) is 10.4 Å². The summed E-state index contributed by atoms with van der Waals surface area (Å²) >= 11 is 8.74. The van der Waals surface area contributed by atoms with Crippen molar-refractivity contribution < 1.29 is 28.6 Å². The fourth-order valence-electron chi connectivity index (χ4n) is 4.37. The Bertz CT molecular complexity index is 1900. The summed E-state index contributed by atoms with van der Waals surface area (Å²) in [5, 5.41) is 5.49. The van der Waals surface area contributed by atoms with E-state index in [-0.39, 0.29) is 22.8 Å². The van der Waals surface area contributed by atoms with E-state index in [9.17, 15) is 14.4 Å². The van der Waals surface area contributed by atoms with Crippen molar-refractivity contribution in [2.24, 2.45) is 5.10 Å². The minimum Gasteiger partial charge on any atom is -0.493 e. The van der Waals surface area contributed by atoms with Gasteiger partial charge in [0.25, 0.3) is 5.91 Å². The summed E-state index contributed by atoms with van der Waals surface area (Å²) < 4.78 is 16.9. The maximum Gasteiger partial charge on any atom is 0.343 e. The second kappa shape index (κ2) is 13.1. The van der Waals surface area contributed by atoms with Crippen LogP contribution < -0.4 is 19.6 Å².